The van der Waals surface area contributed by atoms with Crippen LogP contribution in [0, 0.1) is 5.82 Å². The van der Waals surface area contributed by atoms with E-state index in [1.807, 2.05) is 0 Å². The predicted molar refractivity (Wildman–Crippen MR) is 83.7 cm³/mol. The van der Waals surface area contributed by atoms with Crippen molar-refractivity contribution in [3.63, 3.8) is 0 Å². The monoisotopic (exact) mass is 320 g/mol. The van der Waals surface area contributed by atoms with Crippen LogP contribution in [0.3, 0.4) is 0 Å². The lowest BCUT2D eigenvalue weighted by Crippen LogP contribution is -2.34. The molecule has 6 heteroatoms. The highest BCUT2D eigenvalue weighted by Gasteiger charge is 2.29. The minimum atomic E-state index is -1.21. The standard InChI is InChI=1S/C16H14ClFN2O2/c1-2-6-13(15-14(18)12(17)9-10-19-15)20(16(21)22)11-7-4-3-5-8-11/h2-5,7-10,13H,1,6H2,(H,21,22). The van der Waals surface area contributed by atoms with Crippen LogP contribution in [0.1, 0.15) is 18.2 Å². The number of carbonyl (C=O) groups is 1. The Kier molecular flexibility index (Phi) is 5.12. The number of pyridine rings is 1. The molecule has 0 aliphatic carbocycles. The number of para-hydroxylation sites is 1. The molecular formula is C16H14ClFN2O2. The van der Waals surface area contributed by atoms with Crippen molar-refractivity contribution in [1.29, 1.82) is 0 Å². The van der Waals surface area contributed by atoms with Gasteiger partial charge in [0.1, 0.15) is 5.69 Å². The first-order valence-corrected chi connectivity index (χ1v) is 6.92. The molecule has 0 aliphatic rings. The summed E-state index contributed by atoms with van der Waals surface area (Å²) >= 11 is 5.78. The Morgan fingerprint density at radius 1 is 1.41 bits per heavy atom. The third-order valence-electron chi connectivity index (χ3n) is 3.13. The van der Waals surface area contributed by atoms with Crippen molar-refractivity contribution in [2.24, 2.45) is 0 Å². The summed E-state index contributed by atoms with van der Waals surface area (Å²) in [7, 11) is 0. The van der Waals surface area contributed by atoms with Crippen molar-refractivity contribution < 1.29 is 14.3 Å². The first kappa shape index (κ1) is 16.0. The van der Waals surface area contributed by atoms with E-state index < -0.39 is 18.0 Å². The number of amides is 1. The van der Waals surface area contributed by atoms with Gasteiger partial charge in [-0.25, -0.2) is 9.18 Å². The fraction of sp³-hybridized carbons (Fsp3) is 0.125. The maximum atomic E-state index is 14.3. The Bertz CT molecular complexity index is 679. The molecule has 1 amide bonds. The van der Waals surface area contributed by atoms with Crippen molar-refractivity contribution in [2.75, 3.05) is 4.90 Å². The second-order valence-corrected chi connectivity index (χ2v) is 4.93. The first-order valence-electron chi connectivity index (χ1n) is 6.54. The molecule has 114 valence electrons. The lowest BCUT2D eigenvalue weighted by molar-refractivity contribution is 0.198. The number of benzene rings is 1. The van der Waals surface area contributed by atoms with E-state index in [0.717, 1.165) is 4.90 Å². The van der Waals surface area contributed by atoms with Crippen molar-refractivity contribution in [1.82, 2.24) is 4.98 Å². The van der Waals surface area contributed by atoms with E-state index in [1.54, 1.807) is 30.3 Å². The largest absolute Gasteiger partial charge is 0.465 e. The van der Waals surface area contributed by atoms with Gasteiger partial charge >= 0.3 is 6.09 Å². The normalized spacial score (nSPS) is 11.7. The van der Waals surface area contributed by atoms with Crippen LogP contribution in [0.25, 0.3) is 0 Å². The number of rotatable bonds is 5. The van der Waals surface area contributed by atoms with Crippen LogP contribution in [-0.4, -0.2) is 16.2 Å². The molecule has 1 aromatic carbocycles. The van der Waals surface area contributed by atoms with Gasteiger partial charge in [0, 0.05) is 11.9 Å². The topological polar surface area (TPSA) is 53.4 Å². The smallest absolute Gasteiger partial charge is 0.412 e. The molecule has 1 atom stereocenters. The highest BCUT2D eigenvalue weighted by molar-refractivity contribution is 6.30. The van der Waals surface area contributed by atoms with Gasteiger partial charge in [0.05, 0.1) is 11.1 Å². The van der Waals surface area contributed by atoms with E-state index in [1.165, 1.54) is 18.3 Å². The third kappa shape index (κ3) is 3.26. The lowest BCUT2D eigenvalue weighted by Gasteiger charge is -2.28. The fourth-order valence-corrected chi connectivity index (χ4v) is 2.33. The maximum absolute atomic E-state index is 14.3. The number of nitrogens with zero attached hydrogens (tertiary/aromatic N) is 2. The summed E-state index contributed by atoms with van der Waals surface area (Å²) in [5, 5.41) is 9.45. The van der Waals surface area contributed by atoms with Crippen molar-refractivity contribution in [2.45, 2.75) is 12.5 Å². The van der Waals surface area contributed by atoms with Gasteiger partial charge in [0.15, 0.2) is 5.82 Å². The molecule has 1 aromatic heterocycles. The van der Waals surface area contributed by atoms with Gasteiger partial charge in [-0.1, -0.05) is 35.9 Å². The molecule has 2 aromatic rings. The van der Waals surface area contributed by atoms with E-state index in [2.05, 4.69) is 11.6 Å². The van der Waals surface area contributed by atoms with E-state index in [0.29, 0.717) is 5.69 Å². The second-order valence-electron chi connectivity index (χ2n) is 4.52. The number of carboxylic acid groups (broad SMARTS) is 1. The summed E-state index contributed by atoms with van der Waals surface area (Å²) in [6.45, 7) is 3.61. The average molecular weight is 321 g/mol. The Morgan fingerprint density at radius 2 is 2.09 bits per heavy atom. The van der Waals surface area contributed by atoms with Crippen molar-refractivity contribution >= 4 is 23.4 Å². The molecule has 0 aliphatic heterocycles. The van der Waals surface area contributed by atoms with Gasteiger partial charge in [-0.3, -0.25) is 9.88 Å². The van der Waals surface area contributed by atoms with Crippen LogP contribution in [0.15, 0.2) is 55.3 Å². The number of aromatic nitrogens is 1. The SMILES string of the molecule is C=CCC(c1nccc(Cl)c1F)N(C(=O)O)c1ccccc1. The lowest BCUT2D eigenvalue weighted by atomic mass is 10.1. The number of hydrogen-bond acceptors (Lipinski definition) is 2. The van der Waals surface area contributed by atoms with Gasteiger partial charge in [-0.2, -0.15) is 0 Å². The summed E-state index contributed by atoms with van der Waals surface area (Å²) < 4.78 is 14.3. The molecule has 0 spiro atoms. The van der Waals surface area contributed by atoms with E-state index >= 15 is 0 Å². The number of hydrogen-bond donors (Lipinski definition) is 1. The maximum Gasteiger partial charge on any atom is 0.412 e. The molecule has 2 rings (SSSR count). The first-order chi connectivity index (χ1) is 10.6. The van der Waals surface area contributed by atoms with Gasteiger partial charge in [-0.05, 0) is 24.6 Å². The molecule has 0 bridgehead atoms. The number of halogens is 2. The number of anilines is 1. The summed E-state index contributed by atoms with van der Waals surface area (Å²) in [6, 6.07) is 8.91. The van der Waals surface area contributed by atoms with Crippen molar-refractivity contribution in [3.8, 4) is 0 Å². The molecular weight excluding hydrogens is 307 g/mol. The van der Waals surface area contributed by atoms with Gasteiger partial charge in [-0.15, -0.1) is 6.58 Å². The molecule has 0 fully saturated rings. The van der Waals surface area contributed by atoms with Crippen LogP contribution in [-0.2, 0) is 0 Å². The quantitative estimate of drug-likeness (QED) is 0.814. The molecule has 22 heavy (non-hydrogen) atoms. The van der Waals surface area contributed by atoms with E-state index in [-0.39, 0.29) is 17.1 Å². The molecule has 1 N–H and O–H groups in total. The fourth-order valence-electron chi connectivity index (χ4n) is 2.18. The minimum Gasteiger partial charge on any atom is -0.465 e. The highest BCUT2D eigenvalue weighted by atomic mass is 35.5. The van der Waals surface area contributed by atoms with Gasteiger partial charge in [0.25, 0.3) is 0 Å². The molecule has 0 radical (unpaired) electrons. The van der Waals surface area contributed by atoms with Crippen LogP contribution in [0.5, 0.6) is 0 Å². The summed E-state index contributed by atoms with van der Waals surface area (Å²) in [5.41, 5.74) is 0.390. The third-order valence-corrected chi connectivity index (χ3v) is 3.42. The van der Waals surface area contributed by atoms with Crippen LogP contribution < -0.4 is 4.90 Å². The van der Waals surface area contributed by atoms with Crippen LogP contribution in [0.2, 0.25) is 5.02 Å². The molecule has 1 heterocycles. The molecule has 0 saturated heterocycles. The zero-order valence-electron chi connectivity index (χ0n) is 11.6. The molecule has 1 unspecified atom stereocenters. The summed E-state index contributed by atoms with van der Waals surface area (Å²) in [6.07, 6.45) is 1.86. The van der Waals surface area contributed by atoms with Crippen LogP contribution >= 0.6 is 11.6 Å². The summed E-state index contributed by atoms with van der Waals surface area (Å²) in [5.74, 6) is -0.724. The Hall–Kier alpha value is -2.40. The molecule has 0 saturated carbocycles. The Morgan fingerprint density at radius 3 is 2.68 bits per heavy atom. The zero-order valence-corrected chi connectivity index (χ0v) is 12.4. The Balaban J connectivity index is 2.55. The van der Waals surface area contributed by atoms with Gasteiger partial charge < -0.3 is 5.11 Å². The van der Waals surface area contributed by atoms with Crippen molar-refractivity contribution in [3.05, 3.63) is 71.8 Å². The van der Waals surface area contributed by atoms with Gasteiger partial charge in [0.2, 0.25) is 0 Å². The predicted octanol–water partition coefficient (Wildman–Crippen LogP) is 4.68. The zero-order chi connectivity index (χ0) is 16.1. The minimum absolute atomic E-state index is 0.0290. The highest BCUT2D eigenvalue weighted by Crippen LogP contribution is 2.32. The second kappa shape index (κ2) is 7.04. The Labute approximate surface area is 132 Å². The molecule has 4 nitrogen and oxygen atoms in total. The summed E-state index contributed by atoms with van der Waals surface area (Å²) in [4.78, 5) is 16.7. The van der Waals surface area contributed by atoms with Crippen LogP contribution in [0.4, 0.5) is 14.9 Å². The van der Waals surface area contributed by atoms with E-state index in [9.17, 15) is 14.3 Å². The average Bonchev–Trinajstić information content (AvgIpc) is 2.50. The van der Waals surface area contributed by atoms with E-state index in [4.69, 9.17) is 11.6 Å².